The summed E-state index contributed by atoms with van der Waals surface area (Å²) < 4.78 is 6.54. The van der Waals surface area contributed by atoms with Crippen LogP contribution in [0.2, 0.25) is 0 Å². The molecule has 0 fully saturated rings. The molecule has 4 heteroatoms. The van der Waals surface area contributed by atoms with Crippen molar-refractivity contribution in [1.29, 1.82) is 0 Å². The molecule has 2 aromatic heterocycles. The van der Waals surface area contributed by atoms with Crippen LogP contribution in [0.1, 0.15) is 49.9 Å². The average Bonchev–Trinajstić information content (AvgIpc) is 3.88. The highest BCUT2D eigenvalue weighted by atomic mass is 16.3. The maximum absolute atomic E-state index is 6.54. The molecule has 0 saturated carbocycles. The third-order valence-corrected chi connectivity index (χ3v) is 13.4. The van der Waals surface area contributed by atoms with Crippen LogP contribution < -0.4 is 0 Å². The number of rotatable bonds is 5. The molecule has 4 nitrogen and oxygen atoms in total. The fourth-order valence-corrected chi connectivity index (χ4v) is 10.3. The molecule has 0 aliphatic heterocycles. The fraction of sp³-hybridized carbons (Fsp3) is 0.105. The van der Waals surface area contributed by atoms with Crippen LogP contribution in [0.15, 0.2) is 180 Å². The lowest BCUT2D eigenvalue weighted by Gasteiger charge is -2.21. The third kappa shape index (κ3) is 5.28. The Bertz CT molecular complexity index is 3300. The Kier molecular flexibility index (Phi) is 7.59. The van der Waals surface area contributed by atoms with Crippen molar-refractivity contribution >= 4 is 21.9 Å². The Morgan fingerprint density at radius 2 is 0.820 bits per heavy atom. The first-order valence-electron chi connectivity index (χ1n) is 21.1. The van der Waals surface area contributed by atoms with E-state index in [0.29, 0.717) is 17.5 Å². The van der Waals surface area contributed by atoms with Crippen LogP contribution in [0.4, 0.5) is 0 Å². The minimum Gasteiger partial charge on any atom is -0.456 e. The summed E-state index contributed by atoms with van der Waals surface area (Å²) in [7, 11) is 0. The summed E-state index contributed by atoms with van der Waals surface area (Å²) in [5.74, 6) is 1.96. The highest BCUT2D eigenvalue weighted by Crippen LogP contribution is 2.54. The van der Waals surface area contributed by atoms with Gasteiger partial charge in [0.1, 0.15) is 11.2 Å². The second kappa shape index (κ2) is 13.0. The molecule has 2 heterocycles. The van der Waals surface area contributed by atoms with Crippen molar-refractivity contribution in [3.8, 4) is 78.7 Å². The Balaban J connectivity index is 1.05. The summed E-state index contributed by atoms with van der Waals surface area (Å²) in [6.07, 6.45) is 0. The molecule has 8 aromatic carbocycles. The van der Waals surface area contributed by atoms with Gasteiger partial charge in [-0.25, -0.2) is 15.0 Å². The highest BCUT2D eigenvalue weighted by Gasteiger charge is 2.39. The van der Waals surface area contributed by atoms with E-state index in [1.807, 2.05) is 0 Å². The van der Waals surface area contributed by atoms with E-state index in [1.165, 1.54) is 55.6 Å². The van der Waals surface area contributed by atoms with E-state index in [-0.39, 0.29) is 10.8 Å². The van der Waals surface area contributed by atoms with Gasteiger partial charge in [-0.2, -0.15) is 0 Å². The summed E-state index contributed by atoms with van der Waals surface area (Å²) in [6.45, 7) is 9.26. The molecule has 0 spiro atoms. The van der Waals surface area contributed by atoms with Crippen molar-refractivity contribution in [1.82, 2.24) is 15.0 Å². The van der Waals surface area contributed by atoms with E-state index in [9.17, 15) is 0 Å². The molecule has 2 aliphatic rings. The van der Waals surface area contributed by atoms with Crippen LogP contribution in [0.3, 0.4) is 0 Å². The molecular weight excluding hydrogens is 743 g/mol. The van der Waals surface area contributed by atoms with Crippen molar-refractivity contribution in [2.75, 3.05) is 0 Å². The lowest BCUT2D eigenvalue weighted by atomic mass is 9.82. The van der Waals surface area contributed by atoms with Gasteiger partial charge in [0, 0.05) is 38.3 Å². The van der Waals surface area contributed by atoms with Crippen molar-refractivity contribution in [3.63, 3.8) is 0 Å². The van der Waals surface area contributed by atoms with Crippen LogP contribution in [0.5, 0.6) is 0 Å². The summed E-state index contributed by atoms with van der Waals surface area (Å²) >= 11 is 0. The van der Waals surface area contributed by atoms with Crippen molar-refractivity contribution in [2.45, 2.75) is 38.5 Å². The third-order valence-electron chi connectivity index (χ3n) is 13.4. The maximum Gasteiger partial charge on any atom is 0.164 e. The van der Waals surface area contributed by atoms with Gasteiger partial charge in [0.05, 0.1) is 0 Å². The zero-order chi connectivity index (χ0) is 41.0. The number of hydrogen-bond donors (Lipinski definition) is 0. The molecule has 290 valence electrons. The Hall–Kier alpha value is -7.43. The summed E-state index contributed by atoms with van der Waals surface area (Å²) in [4.78, 5) is 16.2. The van der Waals surface area contributed by atoms with E-state index >= 15 is 0 Å². The lowest BCUT2D eigenvalue weighted by molar-refractivity contribution is 0.660. The number of hydrogen-bond acceptors (Lipinski definition) is 4. The van der Waals surface area contributed by atoms with E-state index in [4.69, 9.17) is 19.4 Å². The van der Waals surface area contributed by atoms with Gasteiger partial charge >= 0.3 is 0 Å². The van der Waals surface area contributed by atoms with Crippen LogP contribution >= 0.6 is 0 Å². The lowest BCUT2D eigenvalue weighted by Crippen LogP contribution is -2.15. The first kappa shape index (κ1) is 35.5. The molecule has 0 N–H and O–H groups in total. The van der Waals surface area contributed by atoms with Crippen LogP contribution in [0, 0.1) is 0 Å². The second-order valence-corrected chi connectivity index (χ2v) is 17.5. The quantitative estimate of drug-likeness (QED) is 0.174. The molecule has 0 unspecified atom stereocenters. The number of furan rings is 1. The van der Waals surface area contributed by atoms with Gasteiger partial charge in [-0.1, -0.05) is 179 Å². The molecule has 2 aliphatic carbocycles. The first-order valence-corrected chi connectivity index (χ1v) is 21.1. The molecule has 61 heavy (non-hydrogen) atoms. The summed E-state index contributed by atoms with van der Waals surface area (Å²) in [6, 6.07) is 62.7. The zero-order valence-electron chi connectivity index (χ0n) is 34.5. The molecule has 0 atom stereocenters. The second-order valence-electron chi connectivity index (χ2n) is 17.5. The van der Waals surface area contributed by atoms with Crippen LogP contribution in [-0.4, -0.2) is 15.0 Å². The monoisotopic (exact) mass is 783 g/mol. The van der Waals surface area contributed by atoms with Crippen LogP contribution in [-0.2, 0) is 10.8 Å². The maximum atomic E-state index is 6.54. The normalized spacial score (nSPS) is 14.2. The smallest absolute Gasteiger partial charge is 0.164 e. The fourth-order valence-electron chi connectivity index (χ4n) is 10.3. The molecular formula is C57H41N3O. The predicted octanol–water partition coefficient (Wildman–Crippen LogP) is 14.7. The van der Waals surface area contributed by atoms with Gasteiger partial charge in [0.25, 0.3) is 0 Å². The van der Waals surface area contributed by atoms with Crippen molar-refractivity contribution in [2.24, 2.45) is 0 Å². The summed E-state index contributed by atoms with van der Waals surface area (Å²) in [5, 5.41) is 2.23. The van der Waals surface area contributed by atoms with E-state index < -0.39 is 0 Å². The Labute approximate surface area is 355 Å². The van der Waals surface area contributed by atoms with Gasteiger partial charge in [-0.15, -0.1) is 0 Å². The highest BCUT2D eigenvalue weighted by molar-refractivity contribution is 6.13. The van der Waals surface area contributed by atoms with Crippen LogP contribution in [0.25, 0.3) is 101 Å². The molecule has 12 rings (SSSR count). The minimum absolute atomic E-state index is 0.158. The van der Waals surface area contributed by atoms with Gasteiger partial charge in [-0.05, 0) is 91.0 Å². The largest absolute Gasteiger partial charge is 0.456 e. The minimum atomic E-state index is -0.158. The van der Waals surface area contributed by atoms with E-state index in [1.54, 1.807) is 0 Å². The molecule has 0 bridgehead atoms. The first-order chi connectivity index (χ1) is 29.8. The number of nitrogens with zero attached hydrogens (tertiary/aromatic N) is 3. The molecule has 10 aromatic rings. The van der Waals surface area contributed by atoms with E-state index in [2.05, 4.69) is 204 Å². The predicted molar refractivity (Wildman–Crippen MR) is 249 cm³/mol. The number of fused-ring (bicyclic) bond motifs is 9. The SMILES string of the molecule is CC1(C)c2ccccc2-c2c(-c3nc(-c4cccc(-c5ccc6c(c5)oc5cccc(-c7ccccc7)c56)c4)nc(-c4cccc5c4-c4ccccc4C5(C)C)n3)cccc21. The number of aromatic nitrogens is 3. The van der Waals surface area contributed by atoms with Gasteiger partial charge in [0.15, 0.2) is 17.5 Å². The van der Waals surface area contributed by atoms with E-state index in [0.717, 1.165) is 49.8 Å². The molecule has 0 saturated heterocycles. The Morgan fingerprint density at radius 1 is 0.344 bits per heavy atom. The van der Waals surface area contributed by atoms with Gasteiger partial charge in [-0.3, -0.25) is 0 Å². The molecule has 0 amide bonds. The van der Waals surface area contributed by atoms with Gasteiger partial charge < -0.3 is 4.42 Å². The van der Waals surface area contributed by atoms with Crippen molar-refractivity contribution < 1.29 is 4.42 Å². The van der Waals surface area contributed by atoms with Crippen molar-refractivity contribution in [3.05, 3.63) is 198 Å². The zero-order valence-corrected chi connectivity index (χ0v) is 34.5. The standard InChI is InChI=1S/C57H41N3O/c1-56(2)44-25-10-8-20-39(44)50-42(23-13-27-46(50)56)54-58-53(59-55(60-54)43-24-14-28-47-51(43)40-21-9-11-26-45(40)57(47,3)4)37-19-12-18-35(32-37)36-30-31-41-49(33-36)61-48-29-15-22-38(52(41)48)34-16-6-5-7-17-34/h5-33H,1-4H3. The average molecular weight is 784 g/mol. The topological polar surface area (TPSA) is 51.8 Å². The van der Waals surface area contributed by atoms with Gasteiger partial charge in [0.2, 0.25) is 0 Å². The molecule has 0 radical (unpaired) electrons. The number of benzene rings is 8. The Morgan fingerprint density at radius 3 is 1.48 bits per heavy atom. The summed E-state index contributed by atoms with van der Waals surface area (Å²) in [5.41, 5.74) is 18.9.